The van der Waals surface area contributed by atoms with Gasteiger partial charge in [0.1, 0.15) is 11.5 Å². The quantitative estimate of drug-likeness (QED) is 0.867. The van der Waals surface area contributed by atoms with Crippen LogP contribution in [0.25, 0.3) is 11.3 Å². The number of hydrogen-bond donors (Lipinski definition) is 1. The van der Waals surface area contributed by atoms with Crippen LogP contribution in [0.2, 0.25) is 0 Å². The van der Waals surface area contributed by atoms with Crippen molar-refractivity contribution in [3.8, 4) is 17.1 Å². The molecule has 128 valence electrons. The van der Waals surface area contributed by atoms with Gasteiger partial charge >= 0.3 is 0 Å². The molecule has 2 aromatic rings. The highest BCUT2D eigenvalue weighted by atomic mass is 16.5. The molecule has 2 heterocycles. The van der Waals surface area contributed by atoms with E-state index in [1.54, 1.807) is 31.4 Å². The Morgan fingerprint density at radius 2 is 1.92 bits per heavy atom. The highest BCUT2D eigenvalue weighted by molar-refractivity contribution is 5.92. The number of amides is 1. The minimum absolute atomic E-state index is 0.0460. The summed E-state index contributed by atoms with van der Waals surface area (Å²) in [6, 6.07) is 9.39. The average Bonchev–Trinajstić information content (AvgIpc) is 3.04. The molecule has 1 fully saturated rings. The second-order valence-electron chi connectivity index (χ2n) is 6.46. The standard InChI is InChI=1S/C19H24N2O3/c1-12-5-4-6-13(2)21(12)19(22)17-10-9-16(24-17)15-8-7-14(20)11-18(15)23-3/h7-13H,4-6,20H2,1-3H3. The highest BCUT2D eigenvalue weighted by Crippen LogP contribution is 2.34. The van der Waals surface area contributed by atoms with Crippen molar-refractivity contribution in [2.45, 2.75) is 45.2 Å². The van der Waals surface area contributed by atoms with Crippen molar-refractivity contribution in [2.24, 2.45) is 0 Å². The van der Waals surface area contributed by atoms with Gasteiger partial charge in [-0.05, 0) is 57.4 Å². The topological polar surface area (TPSA) is 68.7 Å². The molecular weight excluding hydrogens is 304 g/mol. The third-order valence-corrected chi connectivity index (χ3v) is 4.74. The number of nitrogens with two attached hydrogens (primary N) is 1. The molecule has 24 heavy (non-hydrogen) atoms. The van der Waals surface area contributed by atoms with E-state index < -0.39 is 0 Å². The van der Waals surface area contributed by atoms with Gasteiger partial charge in [-0.25, -0.2) is 0 Å². The molecular formula is C19H24N2O3. The van der Waals surface area contributed by atoms with Gasteiger partial charge in [0.25, 0.3) is 5.91 Å². The summed E-state index contributed by atoms with van der Waals surface area (Å²) in [4.78, 5) is 14.8. The number of nitrogen functional groups attached to an aromatic ring is 1. The van der Waals surface area contributed by atoms with E-state index in [1.165, 1.54) is 0 Å². The summed E-state index contributed by atoms with van der Waals surface area (Å²) >= 11 is 0. The van der Waals surface area contributed by atoms with Crippen LogP contribution < -0.4 is 10.5 Å². The molecule has 1 saturated heterocycles. The van der Waals surface area contributed by atoms with Crippen LogP contribution in [-0.2, 0) is 0 Å². The monoisotopic (exact) mass is 328 g/mol. The van der Waals surface area contributed by atoms with Gasteiger partial charge < -0.3 is 19.8 Å². The van der Waals surface area contributed by atoms with Crippen molar-refractivity contribution in [3.63, 3.8) is 0 Å². The second kappa shape index (κ2) is 6.59. The molecule has 2 atom stereocenters. The molecule has 5 nitrogen and oxygen atoms in total. The molecule has 1 aromatic heterocycles. The predicted octanol–water partition coefficient (Wildman–Crippen LogP) is 3.94. The van der Waals surface area contributed by atoms with E-state index >= 15 is 0 Å². The Balaban J connectivity index is 1.89. The van der Waals surface area contributed by atoms with Crippen molar-refractivity contribution in [2.75, 3.05) is 12.8 Å². The Morgan fingerprint density at radius 1 is 1.21 bits per heavy atom. The van der Waals surface area contributed by atoms with Crippen molar-refractivity contribution >= 4 is 11.6 Å². The maximum absolute atomic E-state index is 12.9. The zero-order valence-corrected chi connectivity index (χ0v) is 14.4. The van der Waals surface area contributed by atoms with Crippen LogP contribution in [-0.4, -0.2) is 30.0 Å². The van der Waals surface area contributed by atoms with Crippen LogP contribution in [0.15, 0.2) is 34.7 Å². The van der Waals surface area contributed by atoms with Crippen molar-refractivity contribution in [1.82, 2.24) is 4.90 Å². The van der Waals surface area contributed by atoms with E-state index in [-0.39, 0.29) is 18.0 Å². The Bertz CT molecular complexity index is 728. The zero-order valence-electron chi connectivity index (χ0n) is 14.4. The normalized spacial score (nSPS) is 20.9. The molecule has 0 spiro atoms. The van der Waals surface area contributed by atoms with E-state index in [2.05, 4.69) is 13.8 Å². The fourth-order valence-electron chi connectivity index (χ4n) is 3.46. The number of likely N-dealkylation sites (tertiary alicyclic amines) is 1. The third kappa shape index (κ3) is 2.98. The number of anilines is 1. The first kappa shape index (κ1) is 16.4. The molecule has 0 radical (unpaired) electrons. The van der Waals surface area contributed by atoms with E-state index in [0.717, 1.165) is 24.8 Å². The molecule has 1 aromatic carbocycles. The van der Waals surface area contributed by atoms with Gasteiger partial charge in [-0.2, -0.15) is 0 Å². The third-order valence-electron chi connectivity index (χ3n) is 4.74. The molecule has 2 N–H and O–H groups in total. The summed E-state index contributed by atoms with van der Waals surface area (Å²) in [5, 5.41) is 0. The Hall–Kier alpha value is -2.43. The number of piperidine rings is 1. The predicted molar refractivity (Wildman–Crippen MR) is 94.1 cm³/mol. The molecule has 0 saturated carbocycles. The molecule has 1 aliphatic rings. The lowest BCUT2D eigenvalue weighted by atomic mass is 9.97. The Labute approximate surface area is 142 Å². The minimum Gasteiger partial charge on any atom is -0.496 e. The van der Waals surface area contributed by atoms with Crippen LogP contribution >= 0.6 is 0 Å². The summed E-state index contributed by atoms with van der Waals surface area (Å²) in [6.07, 6.45) is 3.24. The first-order valence-electron chi connectivity index (χ1n) is 8.37. The van der Waals surface area contributed by atoms with Crippen LogP contribution in [0.4, 0.5) is 5.69 Å². The summed E-state index contributed by atoms with van der Waals surface area (Å²) in [5.41, 5.74) is 7.19. The van der Waals surface area contributed by atoms with Crippen molar-refractivity contribution < 1.29 is 13.9 Å². The highest BCUT2D eigenvalue weighted by Gasteiger charge is 2.31. The van der Waals surface area contributed by atoms with Gasteiger partial charge in [-0.3, -0.25) is 4.79 Å². The largest absolute Gasteiger partial charge is 0.496 e. The smallest absolute Gasteiger partial charge is 0.290 e. The van der Waals surface area contributed by atoms with E-state index in [0.29, 0.717) is 23.0 Å². The summed E-state index contributed by atoms with van der Waals surface area (Å²) in [5.74, 6) is 1.55. The second-order valence-corrected chi connectivity index (χ2v) is 6.46. The van der Waals surface area contributed by atoms with E-state index in [1.807, 2.05) is 11.0 Å². The lowest BCUT2D eigenvalue weighted by molar-refractivity contribution is 0.0479. The van der Waals surface area contributed by atoms with Gasteiger partial charge in [-0.15, -0.1) is 0 Å². The zero-order chi connectivity index (χ0) is 17.3. The van der Waals surface area contributed by atoms with Crippen LogP contribution in [0.1, 0.15) is 43.7 Å². The minimum atomic E-state index is -0.0460. The number of benzene rings is 1. The fraction of sp³-hybridized carbons (Fsp3) is 0.421. The number of hydrogen-bond acceptors (Lipinski definition) is 4. The first-order valence-corrected chi connectivity index (χ1v) is 8.37. The summed E-state index contributed by atoms with van der Waals surface area (Å²) < 4.78 is 11.2. The van der Waals surface area contributed by atoms with E-state index in [4.69, 9.17) is 14.9 Å². The summed E-state index contributed by atoms with van der Waals surface area (Å²) in [6.45, 7) is 4.20. The number of nitrogens with zero attached hydrogens (tertiary/aromatic N) is 1. The maximum Gasteiger partial charge on any atom is 0.290 e. The van der Waals surface area contributed by atoms with Crippen molar-refractivity contribution in [1.29, 1.82) is 0 Å². The van der Waals surface area contributed by atoms with Crippen LogP contribution in [0.3, 0.4) is 0 Å². The molecule has 1 amide bonds. The maximum atomic E-state index is 12.9. The number of ether oxygens (including phenoxy) is 1. The van der Waals surface area contributed by atoms with Gasteiger partial charge in [0.15, 0.2) is 5.76 Å². The SMILES string of the molecule is COc1cc(N)ccc1-c1ccc(C(=O)N2C(C)CCCC2C)o1. The molecule has 1 aliphatic heterocycles. The van der Waals surface area contributed by atoms with E-state index in [9.17, 15) is 4.79 Å². The Morgan fingerprint density at radius 3 is 2.58 bits per heavy atom. The molecule has 0 aliphatic carbocycles. The number of carbonyl (C=O) groups excluding carboxylic acids is 1. The first-order chi connectivity index (χ1) is 11.5. The van der Waals surface area contributed by atoms with Gasteiger partial charge in [0, 0.05) is 23.8 Å². The molecule has 2 unspecified atom stereocenters. The molecule has 0 bridgehead atoms. The summed E-state index contributed by atoms with van der Waals surface area (Å²) in [7, 11) is 1.59. The molecule has 3 rings (SSSR count). The van der Waals surface area contributed by atoms with Crippen LogP contribution in [0.5, 0.6) is 5.75 Å². The molecule has 5 heteroatoms. The van der Waals surface area contributed by atoms with Crippen LogP contribution in [0, 0.1) is 0 Å². The van der Waals surface area contributed by atoms with Gasteiger partial charge in [0.2, 0.25) is 0 Å². The van der Waals surface area contributed by atoms with Crippen molar-refractivity contribution in [3.05, 3.63) is 36.1 Å². The fourth-order valence-corrected chi connectivity index (χ4v) is 3.46. The lowest BCUT2D eigenvalue weighted by Gasteiger charge is -2.38. The van der Waals surface area contributed by atoms with Gasteiger partial charge in [0.05, 0.1) is 12.7 Å². The number of carbonyl (C=O) groups is 1. The number of furan rings is 1. The van der Waals surface area contributed by atoms with Gasteiger partial charge in [-0.1, -0.05) is 0 Å². The number of rotatable bonds is 3. The number of methoxy groups -OCH3 is 1. The lowest BCUT2D eigenvalue weighted by Crippen LogP contribution is -2.47. The Kier molecular flexibility index (Phi) is 4.51. The average molecular weight is 328 g/mol.